The van der Waals surface area contributed by atoms with Gasteiger partial charge in [0.1, 0.15) is 6.61 Å². The lowest BCUT2D eigenvalue weighted by Crippen LogP contribution is -2.29. The average molecular weight is 348 g/mol. The van der Waals surface area contributed by atoms with E-state index in [1.165, 1.54) is 7.11 Å². The van der Waals surface area contributed by atoms with E-state index in [0.717, 1.165) is 13.2 Å². The fourth-order valence-corrected chi connectivity index (χ4v) is 1.69. The SMILES string of the molecule is COCC(=O)/C(=N/Nc1cc2c(cc1F)OC(F)(F)O2)C(=O)OC. The zero-order valence-corrected chi connectivity index (χ0v) is 12.4. The number of carbonyl (C=O) groups excluding carboxylic acids is 2. The Morgan fingerprint density at radius 1 is 1.25 bits per heavy atom. The molecule has 1 aromatic rings. The maximum absolute atomic E-state index is 13.8. The fraction of sp³-hybridized carbons (Fsp3) is 0.308. The number of anilines is 1. The van der Waals surface area contributed by atoms with Crippen molar-refractivity contribution in [3.05, 3.63) is 17.9 Å². The molecule has 0 fully saturated rings. The van der Waals surface area contributed by atoms with E-state index < -0.39 is 53.4 Å². The summed E-state index contributed by atoms with van der Waals surface area (Å²) >= 11 is 0. The minimum absolute atomic E-state index is 0.429. The van der Waals surface area contributed by atoms with Gasteiger partial charge in [0.15, 0.2) is 17.3 Å². The maximum atomic E-state index is 13.8. The molecule has 0 saturated heterocycles. The number of esters is 1. The number of hydrogen-bond acceptors (Lipinski definition) is 8. The van der Waals surface area contributed by atoms with Gasteiger partial charge < -0.3 is 18.9 Å². The summed E-state index contributed by atoms with van der Waals surface area (Å²) in [5.74, 6) is -3.89. The van der Waals surface area contributed by atoms with Gasteiger partial charge in [0.25, 0.3) is 0 Å². The molecule has 11 heteroatoms. The van der Waals surface area contributed by atoms with Crippen molar-refractivity contribution in [1.29, 1.82) is 0 Å². The molecule has 0 amide bonds. The number of halogens is 3. The number of carbonyl (C=O) groups is 2. The van der Waals surface area contributed by atoms with Crippen molar-refractivity contribution in [2.45, 2.75) is 6.29 Å². The van der Waals surface area contributed by atoms with Crippen LogP contribution >= 0.6 is 0 Å². The van der Waals surface area contributed by atoms with Crippen LogP contribution in [0.2, 0.25) is 0 Å². The van der Waals surface area contributed by atoms with Crippen molar-refractivity contribution < 1.29 is 41.7 Å². The number of benzene rings is 1. The van der Waals surface area contributed by atoms with Crippen molar-refractivity contribution in [2.24, 2.45) is 5.10 Å². The van der Waals surface area contributed by atoms with Gasteiger partial charge in [-0.2, -0.15) is 5.10 Å². The third kappa shape index (κ3) is 3.74. The lowest BCUT2D eigenvalue weighted by atomic mass is 10.2. The predicted molar refractivity (Wildman–Crippen MR) is 72.6 cm³/mol. The number of alkyl halides is 2. The first-order chi connectivity index (χ1) is 11.3. The first-order valence-electron chi connectivity index (χ1n) is 6.31. The van der Waals surface area contributed by atoms with E-state index in [2.05, 4.69) is 29.5 Å². The molecular formula is C13H11F3N2O6. The molecule has 0 radical (unpaired) electrons. The monoisotopic (exact) mass is 348 g/mol. The number of hydrogen-bond donors (Lipinski definition) is 1. The second-order valence-electron chi connectivity index (χ2n) is 4.37. The van der Waals surface area contributed by atoms with Crippen LogP contribution in [0.1, 0.15) is 0 Å². The van der Waals surface area contributed by atoms with E-state index in [4.69, 9.17) is 0 Å². The van der Waals surface area contributed by atoms with Gasteiger partial charge in [0.2, 0.25) is 11.5 Å². The van der Waals surface area contributed by atoms with Crippen LogP contribution in [0.4, 0.5) is 18.9 Å². The molecule has 2 rings (SSSR count). The number of nitrogens with one attached hydrogen (secondary N) is 1. The fourth-order valence-electron chi connectivity index (χ4n) is 1.69. The summed E-state index contributed by atoms with van der Waals surface area (Å²) in [4.78, 5) is 23.2. The number of Topliss-reactive ketones (excluding diaryl/α,β-unsaturated/α-hetero) is 1. The molecule has 0 spiro atoms. The molecule has 0 unspecified atom stereocenters. The Balaban J connectivity index is 2.26. The van der Waals surface area contributed by atoms with Gasteiger partial charge in [-0.25, -0.2) is 9.18 Å². The first-order valence-corrected chi connectivity index (χ1v) is 6.31. The van der Waals surface area contributed by atoms with Crippen LogP contribution in [0.3, 0.4) is 0 Å². The Morgan fingerprint density at radius 2 is 1.88 bits per heavy atom. The molecule has 8 nitrogen and oxygen atoms in total. The molecule has 1 N–H and O–H groups in total. The molecule has 1 aromatic carbocycles. The number of rotatable bonds is 6. The molecule has 0 aromatic heterocycles. The second-order valence-corrected chi connectivity index (χ2v) is 4.37. The van der Waals surface area contributed by atoms with Gasteiger partial charge in [-0.15, -0.1) is 8.78 Å². The molecular weight excluding hydrogens is 337 g/mol. The Bertz CT molecular complexity index is 707. The van der Waals surface area contributed by atoms with Gasteiger partial charge in [0, 0.05) is 19.2 Å². The van der Waals surface area contributed by atoms with Gasteiger partial charge >= 0.3 is 12.3 Å². The molecule has 0 aliphatic carbocycles. The Labute approximate surface area is 133 Å². The quantitative estimate of drug-likeness (QED) is 0.358. The zero-order chi connectivity index (χ0) is 17.9. The molecule has 24 heavy (non-hydrogen) atoms. The highest BCUT2D eigenvalue weighted by atomic mass is 19.3. The summed E-state index contributed by atoms with van der Waals surface area (Å²) in [5.41, 5.74) is 0.958. The van der Waals surface area contributed by atoms with Crippen LogP contribution in [0.15, 0.2) is 17.2 Å². The number of ether oxygens (including phenoxy) is 4. The van der Waals surface area contributed by atoms with Crippen LogP contribution < -0.4 is 14.9 Å². The Hall–Kier alpha value is -2.82. The third-order valence-electron chi connectivity index (χ3n) is 2.70. The minimum atomic E-state index is -3.91. The van der Waals surface area contributed by atoms with Crippen molar-refractivity contribution in [1.82, 2.24) is 0 Å². The number of fused-ring (bicyclic) bond motifs is 1. The predicted octanol–water partition coefficient (Wildman–Crippen LogP) is 1.30. The largest absolute Gasteiger partial charge is 0.586 e. The highest BCUT2D eigenvalue weighted by molar-refractivity contribution is 6.64. The Kier molecular flexibility index (Phi) is 4.93. The molecule has 0 atom stereocenters. The van der Waals surface area contributed by atoms with Gasteiger partial charge in [-0.05, 0) is 0 Å². The standard InChI is InChI=1S/C13H11F3N2O6/c1-21-5-8(19)11(12(20)22-2)18-17-7-4-10-9(3-6(7)14)23-13(15,16)24-10/h3-4,17H,5H2,1-2H3/b18-11-. The van der Waals surface area contributed by atoms with E-state index in [9.17, 15) is 22.8 Å². The average Bonchev–Trinajstić information content (AvgIpc) is 2.80. The van der Waals surface area contributed by atoms with Crippen molar-refractivity contribution in [2.75, 3.05) is 26.3 Å². The summed E-state index contributed by atoms with van der Waals surface area (Å²) in [7, 11) is 2.24. The van der Waals surface area contributed by atoms with Gasteiger partial charge in [-0.1, -0.05) is 0 Å². The van der Waals surface area contributed by atoms with E-state index in [1.807, 2.05) is 0 Å². The van der Waals surface area contributed by atoms with Crippen molar-refractivity contribution in [3.63, 3.8) is 0 Å². The van der Waals surface area contributed by atoms with Crippen LogP contribution in [-0.4, -0.2) is 44.6 Å². The zero-order valence-electron chi connectivity index (χ0n) is 12.4. The van der Waals surface area contributed by atoms with Crippen LogP contribution in [0.5, 0.6) is 11.5 Å². The lowest BCUT2D eigenvalue weighted by molar-refractivity contribution is -0.286. The van der Waals surface area contributed by atoms with E-state index in [0.29, 0.717) is 6.07 Å². The summed E-state index contributed by atoms with van der Waals surface area (Å²) < 4.78 is 56.9. The lowest BCUT2D eigenvalue weighted by Gasteiger charge is -2.06. The third-order valence-corrected chi connectivity index (χ3v) is 2.70. The van der Waals surface area contributed by atoms with Crippen molar-refractivity contribution in [3.8, 4) is 11.5 Å². The number of hydrazone groups is 1. The summed E-state index contributed by atoms with van der Waals surface area (Å²) in [5, 5.41) is 3.44. The number of ketones is 1. The highest BCUT2D eigenvalue weighted by Gasteiger charge is 2.44. The smallest absolute Gasteiger partial charge is 0.464 e. The topological polar surface area (TPSA) is 95.5 Å². The number of methoxy groups -OCH3 is 2. The summed E-state index contributed by atoms with van der Waals surface area (Å²) in [6.07, 6.45) is -3.91. The van der Waals surface area contributed by atoms with Crippen LogP contribution in [0, 0.1) is 5.82 Å². The highest BCUT2D eigenvalue weighted by Crippen LogP contribution is 2.43. The van der Waals surface area contributed by atoms with Gasteiger partial charge in [0.05, 0.1) is 12.8 Å². The molecule has 1 heterocycles. The van der Waals surface area contributed by atoms with E-state index in [1.54, 1.807) is 0 Å². The normalized spacial score (nSPS) is 15.1. The maximum Gasteiger partial charge on any atom is 0.586 e. The van der Waals surface area contributed by atoms with Crippen LogP contribution in [-0.2, 0) is 19.1 Å². The van der Waals surface area contributed by atoms with E-state index >= 15 is 0 Å². The number of nitrogens with zero attached hydrogens (tertiary/aromatic N) is 1. The van der Waals surface area contributed by atoms with Crippen LogP contribution in [0.25, 0.3) is 0 Å². The molecule has 0 bridgehead atoms. The Morgan fingerprint density at radius 3 is 2.46 bits per heavy atom. The van der Waals surface area contributed by atoms with Crippen molar-refractivity contribution >= 4 is 23.2 Å². The molecule has 1 aliphatic rings. The summed E-state index contributed by atoms with van der Waals surface area (Å²) in [6, 6.07) is 1.48. The molecule has 130 valence electrons. The van der Waals surface area contributed by atoms with Gasteiger partial charge in [-0.3, -0.25) is 10.2 Å². The molecule has 1 aliphatic heterocycles. The first kappa shape index (κ1) is 17.5. The molecule has 0 saturated carbocycles. The summed E-state index contributed by atoms with van der Waals surface area (Å²) in [6.45, 7) is -0.467. The second kappa shape index (κ2) is 6.74. The van der Waals surface area contributed by atoms with E-state index in [-0.39, 0.29) is 0 Å². The minimum Gasteiger partial charge on any atom is -0.464 e.